The number of anilines is 2. The summed E-state index contributed by atoms with van der Waals surface area (Å²) in [6.45, 7) is 6.12. The highest BCUT2D eigenvalue weighted by Crippen LogP contribution is 2.35. The SMILES string of the molecule is Cc1nc(C)c(C(C)Nc2cc3c(cc2Cl)NC(=O)C3)s1. The Hall–Kier alpha value is -1.59. The van der Waals surface area contributed by atoms with Crippen molar-refractivity contribution in [1.29, 1.82) is 0 Å². The minimum Gasteiger partial charge on any atom is -0.376 e. The van der Waals surface area contributed by atoms with E-state index in [1.165, 1.54) is 4.88 Å². The second-order valence-electron chi connectivity index (χ2n) is 5.26. The number of carbonyl (C=O) groups is 1. The van der Waals surface area contributed by atoms with E-state index in [0.29, 0.717) is 11.4 Å². The lowest BCUT2D eigenvalue weighted by molar-refractivity contribution is -0.115. The molecule has 21 heavy (non-hydrogen) atoms. The molecule has 110 valence electrons. The number of benzene rings is 1. The highest BCUT2D eigenvalue weighted by molar-refractivity contribution is 7.11. The van der Waals surface area contributed by atoms with Crippen molar-refractivity contribution in [3.63, 3.8) is 0 Å². The van der Waals surface area contributed by atoms with Gasteiger partial charge in [-0.05, 0) is 38.5 Å². The van der Waals surface area contributed by atoms with E-state index >= 15 is 0 Å². The van der Waals surface area contributed by atoms with Gasteiger partial charge >= 0.3 is 0 Å². The van der Waals surface area contributed by atoms with Crippen molar-refractivity contribution in [1.82, 2.24) is 4.98 Å². The normalized spacial score (nSPS) is 14.8. The van der Waals surface area contributed by atoms with Crippen LogP contribution in [0.1, 0.15) is 34.1 Å². The molecule has 0 spiro atoms. The topological polar surface area (TPSA) is 54.0 Å². The number of amides is 1. The van der Waals surface area contributed by atoms with Gasteiger partial charge in [0.1, 0.15) is 0 Å². The molecule has 1 aromatic heterocycles. The van der Waals surface area contributed by atoms with Crippen molar-refractivity contribution in [2.75, 3.05) is 10.6 Å². The third-order valence-corrected chi connectivity index (χ3v) is 5.09. The van der Waals surface area contributed by atoms with Gasteiger partial charge in [-0.25, -0.2) is 4.98 Å². The summed E-state index contributed by atoms with van der Waals surface area (Å²) in [5, 5.41) is 7.90. The number of hydrogen-bond acceptors (Lipinski definition) is 4. The Labute approximate surface area is 132 Å². The molecule has 1 aliphatic rings. The van der Waals surface area contributed by atoms with Crippen LogP contribution in [0.3, 0.4) is 0 Å². The van der Waals surface area contributed by atoms with Crippen LogP contribution in [0.2, 0.25) is 5.02 Å². The highest BCUT2D eigenvalue weighted by Gasteiger charge is 2.21. The summed E-state index contributed by atoms with van der Waals surface area (Å²) in [6.07, 6.45) is 0.411. The molecule has 0 saturated carbocycles. The largest absolute Gasteiger partial charge is 0.376 e. The number of hydrogen-bond donors (Lipinski definition) is 2. The van der Waals surface area contributed by atoms with Gasteiger partial charge in [0.2, 0.25) is 5.91 Å². The lowest BCUT2D eigenvalue weighted by Crippen LogP contribution is -2.07. The first-order valence-corrected chi connectivity index (χ1v) is 7.96. The summed E-state index contributed by atoms with van der Waals surface area (Å²) in [5.74, 6) is 0.0141. The first-order chi connectivity index (χ1) is 9.94. The summed E-state index contributed by atoms with van der Waals surface area (Å²) < 4.78 is 0. The van der Waals surface area contributed by atoms with Gasteiger partial charge in [-0.15, -0.1) is 11.3 Å². The maximum Gasteiger partial charge on any atom is 0.228 e. The molecule has 1 unspecified atom stereocenters. The predicted molar refractivity (Wildman–Crippen MR) is 87.4 cm³/mol. The number of nitrogens with one attached hydrogen (secondary N) is 2. The third kappa shape index (κ3) is 2.76. The molecule has 0 aliphatic carbocycles. The van der Waals surface area contributed by atoms with Gasteiger partial charge in [0.05, 0.1) is 33.9 Å². The summed E-state index contributed by atoms with van der Waals surface area (Å²) in [5.41, 5.74) is 3.70. The van der Waals surface area contributed by atoms with Crippen LogP contribution in [0.4, 0.5) is 11.4 Å². The quantitative estimate of drug-likeness (QED) is 0.895. The molecule has 1 atom stereocenters. The molecule has 2 N–H and O–H groups in total. The van der Waals surface area contributed by atoms with E-state index in [1.54, 1.807) is 11.3 Å². The Morgan fingerprint density at radius 1 is 1.43 bits per heavy atom. The van der Waals surface area contributed by atoms with Crippen LogP contribution in [0, 0.1) is 13.8 Å². The van der Waals surface area contributed by atoms with E-state index in [-0.39, 0.29) is 11.9 Å². The van der Waals surface area contributed by atoms with Crippen molar-refractivity contribution in [2.45, 2.75) is 33.2 Å². The molecule has 1 amide bonds. The van der Waals surface area contributed by atoms with E-state index in [2.05, 4.69) is 22.5 Å². The first kappa shape index (κ1) is 14.4. The zero-order valence-corrected chi connectivity index (χ0v) is 13.7. The van der Waals surface area contributed by atoms with Crippen molar-refractivity contribution in [2.24, 2.45) is 0 Å². The fourth-order valence-corrected chi connectivity index (χ4v) is 3.75. The predicted octanol–water partition coefficient (Wildman–Crippen LogP) is 4.08. The summed E-state index contributed by atoms with van der Waals surface area (Å²) >= 11 is 8.00. The van der Waals surface area contributed by atoms with Crippen molar-refractivity contribution < 1.29 is 4.79 Å². The Bertz CT molecular complexity index is 726. The smallest absolute Gasteiger partial charge is 0.228 e. The molecule has 0 fully saturated rings. The Balaban J connectivity index is 1.87. The van der Waals surface area contributed by atoms with Crippen LogP contribution >= 0.6 is 22.9 Å². The number of thiazole rings is 1. The van der Waals surface area contributed by atoms with Crippen LogP contribution in [0.15, 0.2) is 12.1 Å². The van der Waals surface area contributed by atoms with Crippen molar-refractivity contribution in [3.05, 3.63) is 38.3 Å². The first-order valence-electron chi connectivity index (χ1n) is 6.77. The maximum absolute atomic E-state index is 11.4. The second kappa shape index (κ2) is 5.31. The highest BCUT2D eigenvalue weighted by atomic mass is 35.5. The summed E-state index contributed by atoms with van der Waals surface area (Å²) in [7, 11) is 0. The molecule has 0 bridgehead atoms. The zero-order chi connectivity index (χ0) is 15.1. The van der Waals surface area contributed by atoms with Crippen LogP contribution in [0.25, 0.3) is 0 Å². The number of fused-ring (bicyclic) bond motifs is 1. The molecule has 2 aromatic rings. The van der Waals surface area contributed by atoms with E-state index in [4.69, 9.17) is 11.6 Å². The van der Waals surface area contributed by atoms with Crippen LogP contribution < -0.4 is 10.6 Å². The Kier molecular flexibility index (Phi) is 3.63. The van der Waals surface area contributed by atoms with Crippen LogP contribution in [-0.4, -0.2) is 10.9 Å². The Morgan fingerprint density at radius 2 is 2.19 bits per heavy atom. The monoisotopic (exact) mass is 321 g/mol. The molecular weight excluding hydrogens is 306 g/mol. The molecule has 0 saturated heterocycles. The van der Waals surface area contributed by atoms with Gasteiger partial charge in [-0.3, -0.25) is 4.79 Å². The maximum atomic E-state index is 11.4. The number of nitrogens with zero attached hydrogens (tertiary/aromatic N) is 1. The van der Waals surface area contributed by atoms with Gasteiger partial charge in [0.15, 0.2) is 0 Å². The van der Waals surface area contributed by atoms with Gasteiger partial charge in [0.25, 0.3) is 0 Å². The minimum atomic E-state index is 0.0141. The number of halogens is 1. The molecule has 6 heteroatoms. The van der Waals surface area contributed by atoms with Gasteiger partial charge in [-0.1, -0.05) is 11.6 Å². The Morgan fingerprint density at radius 3 is 2.86 bits per heavy atom. The average molecular weight is 322 g/mol. The van der Waals surface area contributed by atoms with Crippen LogP contribution in [0.5, 0.6) is 0 Å². The average Bonchev–Trinajstić information content (AvgIpc) is 2.91. The molecule has 3 rings (SSSR count). The molecule has 4 nitrogen and oxygen atoms in total. The fraction of sp³-hybridized carbons (Fsp3) is 0.333. The number of aryl methyl sites for hydroxylation is 2. The fourth-order valence-electron chi connectivity index (χ4n) is 2.61. The number of aromatic nitrogens is 1. The standard InChI is InChI=1S/C15H16ClN3OS/c1-7-15(21-9(3)17-7)8(2)18-13-4-10-5-14(20)19-12(10)6-11(13)16/h4,6,8,18H,5H2,1-3H3,(H,19,20). The molecule has 1 aromatic carbocycles. The summed E-state index contributed by atoms with van der Waals surface area (Å²) in [4.78, 5) is 17.1. The van der Waals surface area contributed by atoms with Crippen molar-refractivity contribution >= 4 is 40.2 Å². The molecule has 1 aliphatic heterocycles. The third-order valence-electron chi connectivity index (χ3n) is 3.52. The number of rotatable bonds is 3. The van der Waals surface area contributed by atoms with Crippen LogP contribution in [-0.2, 0) is 11.2 Å². The second-order valence-corrected chi connectivity index (χ2v) is 6.90. The van der Waals surface area contributed by atoms with E-state index in [0.717, 1.165) is 27.6 Å². The lowest BCUT2D eigenvalue weighted by atomic mass is 10.1. The molecular formula is C15H16ClN3OS. The van der Waals surface area contributed by atoms with Gasteiger partial charge in [-0.2, -0.15) is 0 Å². The van der Waals surface area contributed by atoms with Gasteiger partial charge < -0.3 is 10.6 Å². The number of carbonyl (C=O) groups excluding carboxylic acids is 1. The minimum absolute atomic E-state index is 0.0141. The van der Waals surface area contributed by atoms with E-state index < -0.39 is 0 Å². The van der Waals surface area contributed by atoms with E-state index in [9.17, 15) is 4.79 Å². The summed E-state index contributed by atoms with van der Waals surface area (Å²) in [6, 6.07) is 3.88. The zero-order valence-electron chi connectivity index (χ0n) is 12.1. The van der Waals surface area contributed by atoms with Crippen molar-refractivity contribution in [3.8, 4) is 0 Å². The lowest BCUT2D eigenvalue weighted by Gasteiger charge is -2.16. The molecule has 0 radical (unpaired) electrons. The van der Waals surface area contributed by atoms with Gasteiger partial charge in [0, 0.05) is 10.6 Å². The molecule has 2 heterocycles. The van der Waals surface area contributed by atoms with E-state index in [1.807, 2.05) is 26.0 Å².